The highest BCUT2D eigenvalue weighted by Crippen LogP contribution is 2.17. The lowest BCUT2D eigenvalue weighted by molar-refractivity contribution is 0.234. The van der Waals surface area contributed by atoms with E-state index in [0.717, 1.165) is 19.3 Å². The van der Waals surface area contributed by atoms with E-state index in [1.54, 1.807) is 0 Å². The number of allylic oxidation sites excluding steroid dienone is 1. The Morgan fingerprint density at radius 1 is 0.656 bits per heavy atom. The summed E-state index contributed by atoms with van der Waals surface area (Å²) < 4.78 is 35.4. The van der Waals surface area contributed by atoms with Crippen LogP contribution in [0.15, 0.2) is 12.2 Å². The molecule has 0 rings (SSSR count). The van der Waals surface area contributed by atoms with Crippen LogP contribution in [0, 0.1) is 5.92 Å². The van der Waals surface area contributed by atoms with Crippen molar-refractivity contribution in [3.05, 3.63) is 12.2 Å². The van der Waals surface area contributed by atoms with Crippen molar-refractivity contribution in [3.63, 3.8) is 0 Å². The van der Waals surface area contributed by atoms with E-state index in [-0.39, 0.29) is 12.5 Å². The van der Waals surface area contributed by atoms with Crippen molar-refractivity contribution < 1.29 is 17.2 Å². The largest absolute Gasteiger partial charge is 0.397 e. The van der Waals surface area contributed by atoms with Gasteiger partial charge in [-0.3, -0.25) is 4.55 Å². The van der Waals surface area contributed by atoms with Gasteiger partial charge in [-0.1, -0.05) is 142 Å². The first-order valence-corrected chi connectivity index (χ1v) is 15.1. The van der Waals surface area contributed by atoms with Gasteiger partial charge in [-0.05, 0) is 19.3 Å². The molecule has 5 heteroatoms. The Hall–Kier alpha value is -0.390. The van der Waals surface area contributed by atoms with Crippen molar-refractivity contribution >= 4 is 10.4 Å². The first kappa shape index (κ1) is 31.6. The summed E-state index contributed by atoms with van der Waals surface area (Å²) in [6.45, 7) is 4.55. The maximum atomic E-state index is 10.9. The second-order valence-electron chi connectivity index (χ2n) is 9.49. The van der Waals surface area contributed by atoms with Crippen molar-refractivity contribution in [1.29, 1.82) is 0 Å². The Balaban J connectivity index is 3.85. The van der Waals surface area contributed by atoms with Crippen LogP contribution in [0.3, 0.4) is 0 Å². The molecule has 4 nitrogen and oxygen atoms in total. The van der Waals surface area contributed by atoms with E-state index in [9.17, 15) is 8.42 Å². The van der Waals surface area contributed by atoms with Gasteiger partial charge in [0.1, 0.15) is 0 Å². The SMILES string of the molecule is CCCCCCCCCCCCC/C=C/C(CCCCCCCCCC)COS(=O)(=O)O. The topological polar surface area (TPSA) is 63.6 Å². The molecule has 32 heavy (non-hydrogen) atoms. The smallest absolute Gasteiger partial charge is 0.264 e. The van der Waals surface area contributed by atoms with Gasteiger partial charge in [0.2, 0.25) is 0 Å². The second-order valence-corrected chi connectivity index (χ2v) is 10.6. The average molecular weight is 475 g/mol. The van der Waals surface area contributed by atoms with Gasteiger partial charge >= 0.3 is 10.4 Å². The molecule has 0 radical (unpaired) electrons. The van der Waals surface area contributed by atoms with Crippen LogP contribution in [0.2, 0.25) is 0 Å². The summed E-state index contributed by atoms with van der Waals surface area (Å²) in [5.74, 6) is 0.0599. The van der Waals surface area contributed by atoms with E-state index in [2.05, 4.69) is 30.2 Å². The minimum atomic E-state index is -4.36. The van der Waals surface area contributed by atoms with E-state index >= 15 is 0 Å². The predicted octanol–water partition coefficient (Wildman–Crippen LogP) is 9.21. The van der Waals surface area contributed by atoms with Crippen LogP contribution in [0.1, 0.15) is 149 Å². The van der Waals surface area contributed by atoms with Gasteiger partial charge in [-0.2, -0.15) is 8.42 Å². The van der Waals surface area contributed by atoms with E-state index < -0.39 is 10.4 Å². The standard InChI is InChI=1S/C27H54O4S/c1-3-5-7-9-11-13-14-15-16-17-19-21-23-25-27(26-31-32(28,29)30)24-22-20-18-12-10-8-6-4-2/h23,25,27H,3-22,24,26H2,1-2H3,(H,28,29,30)/b25-23+. The molecule has 0 aliphatic heterocycles. The summed E-state index contributed by atoms with van der Waals surface area (Å²) in [7, 11) is -4.36. The molecule has 0 spiro atoms. The second kappa shape index (κ2) is 23.8. The third-order valence-corrected chi connectivity index (χ3v) is 6.68. The van der Waals surface area contributed by atoms with Crippen molar-refractivity contribution in [2.75, 3.05) is 6.61 Å². The molecular weight excluding hydrogens is 420 g/mol. The number of unbranched alkanes of at least 4 members (excludes halogenated alkanes) is 18. The summed E-state index contributed by atoms with van der Waals surface area (Å²) in [4.78, 5) is 0. The van der Waals surface area contributed by atoms with Crippen molar-refractivity contribution in [2.45, 2.75) is 149 Å². The molecule has 0 aromatic carbocycles. The molecule has 0 heterocycles. The minimum Gasteiger partial charge on any atom is -0.264 e. The number of hydrogen-bond donors (Lipinski definition) is 1. The van der Waals surface area contributed by atoms with E-state index in [0.29, 0.717) is 0 Å². The van der Waals surface area contributed by atoms with Crippen LogP contribution < -0.4 is 0 Å². The summed E-state index contributed by atoms with van der Waals surface area (Å²) in [5, 5.41) is 0. The highest BCUT2D eigenvalue weighted by Gasteiger charge is 2.11. The fourth-order valence-electron chi connectivity index (χ4n) is 4.16. The van der Waals surface area contributed by atoms with Crippen LogP contribution in [-0.4, -0.2) is 19.6 Å². The van der Waals surface area contributed by atoms with Crippen LogP contribution in [0.5, 0.6) is 0 Å². The van der Waals surface area contributed by atoms with Gasteiger partial charge in [0.25, 0.3) is 0 Å². The van der Waals surface area contributed by atoms with Crippen molar-refractivity contribution in [3.8, 4) is 0 Å². The Bertz CT molecular complexity index is 502. The molecule has 0 fully saturated rings. The molecule has 0 bridgehead atoms. The molecule has 1 unspecified atom stereocenters. The normalized spacial score (nSPS) is 13.2. The monoisotopic (exact) mass is 474 g/mol. The molecule has 1 atom stereocenters. The van der Waals surface area contributed by atoms with Crippen LogP contribution in [-0.2, 0) is 14.6 Å². The van der Waals surface area contributed by atoms with Gasteiger partial charge in [-0.25, -0.2) is 4.18 Å². The fraction of sp³-hybridized carbons (Fsp3) is 0.926. The van der Waals surface area contributed by atoms with Crippen molar-refractivity contribution in [1.82, 2.24) is 0 Å². The van der Waals surface area contributed by atoms with Crippen molar-refractivity contribution in [2.24, 2.45) is 5.92 Å². The van der Waals surface area contributed by atoms with Gasteiger partial charge in [-0.15, -0.1) is 0 Å². The maximum absolute atomic E-state index is 10.9. The van der Waals surface area contributed by atoms with E-state index in [4.69, 9.17) is 4.55 Å². The third kappa shape index (κ3) is 25.9. The third-order valence-electron chi connectivity index (χ3n) is 6.24. The Kier molecular flexibility index (Phi) is 23.5. The Morgan fingerprint density at radius 2 is 1.06 bits per heavy atom. The van der Waals surface area contributed by atoms with Crippen LogP contribution >= 0.6 is 0 Å². The summed E-state index contributed by atoms with van der Waals surface area (Å²) in [5.41, 5.74) is 0. The maximum Gasteiger partial charge on any atom is 0.397 e. The summed E-state index contributed by atoms with van der Waals surface area (Å²) in [6.07, 6.45) is 31.1. The zero-order valence-corrected chi connectivity index (χ0v) is 22.2. The number of rotatable bonds is 25. The van der Waals surface area contributed by atoms with Crippen LogP contribution in [0.4, 0.5) is 0 Å². The lowest BCUT2D eigenvalue weighted by Gasteiger charge is -2.12. The minimum absolute atomic E-state index is 0.0457. The van der Waals surface area contributed by atoms with Crippen LogP contribution in [0.25, 0.3) is 0 Å². The van der Waals surface area contributed by atoms with E-state index in [1.807, 2.05) is 0 Å². The first-order valence-electron chi connectivity index (χ1n) is 13.8. The zero-order valence-electron chi connectivity index (χ0n) is 21.4. The molecule has 192 valence electrons. The molecule has 0 aromatic rings. The summed E-state index contributed by atoms with van der Waals surface area (Å²) >= 11 is 0. The molecule has 0 aromatic heterocycles. The molecular formula is C27H54O4S. The molecule has 1 N–H and O–H groups in total. The number of hydrogen-bond acceptors (Lipinski definition) is 3. The van der Waals surface area contributed by atoms with Gasteiger partial charge in [0.05, 0.1) is 6.61 Å². The molecule has 0 amide bonds. The lowest BCUT2D eigenvalue weighted by Crippen LogP contribution is -2.12. The fourth-order valence-corrected chi connectivity index (χ4v) is 4.51. The summed E-state index contributed by atoms with van der Waals surface area (Å²) in [6, 6.07) is 0. The predicted molar refractivity (Wildman–Crippen MR) is 138 cm³/mol. The van der Waals surface area contributed by atoms with Gasteiger partial charge in [0.15, 0.2) is 0 Å². The van der Waals surface area contributed by atoms with E-state index in [1.165, 1.54) is 116 Å². The van der Waals surface area contributed by atoms with Gasteiger partial charge in [0, 0.05) is 5.92 Å². The molecule has 0 saturated heterocycles. The Labute approximate surface area is 200 Å². The average Bonchev–Trinajstić information content (AvgIpc) is 2.75. The zero-order chi connectivity index (χ0) is 23.8. The quantitative estimate of drug-likeness (QED) is 0.0813. The lowest BCUT2D eigenvalue weighted by atomic mass is 9.99. The highest BCUT2D eigenvalue weighted by molar-refractivity contribution is 7.80. The van der Waals surface area contributed by atoms with Gasteiger partial charge < -0.3 is 0 Å². The Morgan fingerprint density at radius 3 is 1.50 bits per heavy atom. The molecule has 0 saturated carbocycles. The molecule has 0 aliphatic rings. The highest BCUT2D eigenvalue weighted by atomic mass is 32.3. The molecule has 0 aliphatic carbocycles. The first-order chi connectivity index (χ1) is 15.5.